The molecule has 3 N–H and O–H groups in total. The van der Waals surface area contributed by atoms with E-state index in [-0.39, 0.29) is 0 Å². The van der Waals surface area contributed by atoms with Gasteiger partial charge in [-0.2, -0.15) is 11.8 Å². The van der Waals surface area contributed by atoms with Crippen LogP contribution < -0.4 is 11.3 Å². The average molecular weight is 210 g/mol. The molecule has 0 bridgehead atoms. The van der Waals surface area contributed by atoms with Crippen molar-refractivity contribution >= 4 is 17.6 Å². The Bertz CT molecular complexity index is 349. The van der Waals surface area contributed by atoms with Crippen LogP contribution in [0.3, 0.4) is 0 Å². The van der Waals surface area contributed by atoms with E-state index in [1.165, 1.54) is 0 Å². The summed E-state index contributed by atoms with van der Waals surface area (Å²) in [4.78, 5) is 8.90. The van der Waals surface area contributed by atoms with Crippen molar-refractivity contribution in [1.29, 1.82) is 0 Å². The monoisotopic (exact) mass is 210 g/mol. The number of aromatic nitrogens is 2. The maximum absolute atomic E-state index is 5.40. The van der Waals surface area contributed by atoms with Gasteiger partial charge in [-0.1, -0.05) is 0 Å². The van der Waals surface area contributed by atoms with Gasteiger partial charge in [0.2, 0.25) is 0 Å². The van der Waals surface area contributed by atoms with Gasteiger partial charge in [-0.25, -0.2) is 15.8 Å². The van der Waals surface area contributed by atoms with Crippen LogP contribution >= 0.6 is 11.8 Å². The number of nitrogens with zero attached hydrogens (tertiary/aromatic N) is 2. The molecule has 0 aliphatic carbocycles. The van der Waals surface area contributed by atoms with Gasteiger partial charge in [0.05, 0.1) is 0 Å². The highest BCUT2D eigenvalue weighted by Crippen LogP contribution is 2.32. The third kappa shape index (κ3) is 1.57. The van der Waals surface area contributed by atoms with Gasteiger partial charge in [0, 0.05) is 28.7 Å². The summed E-state index contributed by atoms with van der Waals surface area (Å²) in [6.45, 7) is 3.97. The number of hydrogen-bond donors (Lipinski definition) is 2. The van der Waals surface area contributed by atoms with Gasteiger partial charge in [-0.05, 0) is 13.8 Å². The second-order valence-electron chi connectivity index (χ2n) is 3.52. The third-order valence-corrected chi connectivity index (χ3v) is 3.82. The lowest BCUT2D eigenvalue weighted by Crippen LogP contribution is -2.21. The fourth-order valence-electron chi connectivity index (χ4n) is 1.36. The molecule has 5 heteroatoms. The largest absolute Gasteiger partial charge is 0.308 e. The fraction of sp³-hybridized carbons (Fsp3) is 0.556. The summed E-state index contributed by atoms with van der Waals surface area (Å²) in [5.41, 5.74) is 4.67. The number of nitrogen functional groups attached to an aromatic ring is 1. The minimum atomic E-state index is 0.520. The highest BCUT2D eigenvalue weighted by molar-refractivity contribution is 8.00. The Hall–Kier alpha value is -0.810. The maximum atomic E-state index is 5.40. The molecule has 1 aliphatic heterocycles. The first-order valence-corrected chi connectivity index (χ1v) is 5.77. The number of aryl methyl sites for hydroxylation is 1. The Morgan fingerprint density at radius 2 is 2.07 bits per heavy atom. The minimum absolute atomic E-state index is 0.520. The van der Waals surface area contributed by atoms with Crippen molar-refractivity contribution < 1.29 is 0 Å². The van der Waals surface area contributed by atoms with Gasteiger partial charge in [-0.3, -0.25) is 0 Å². The van der Waals surface area contributed by atoms with E-state index in [0.29, 0.717) is 5.92 Å². The molecule has 1 aromatic rings. The van der Waals surface area contributed by atoms with E-state index in [2.05, 4.69) is 15.4 Å². The van der Waals surface area contributed by atoms with Crippen LogP contribution in [0.4, 0.5) is 5.82 Å². The van der Waals surface area contributed by atoms with Crippen LogP contribution in [-0.4, -0.2) is 21.5 Å². The summed E-state index contributed by atoms with van der Waals surface area (Å²) >= 11 is 1.93. The van der Waals surface area contributed by atoms with Gasteiger partial charge >= 0.3 is 0 Å². The zero-order valence-corrected chi connectivity index (χ0v) is 9.19. The van der Waals surface area contributed by atoms with E-state index >= 15 is 0 Å². The quantitative estimate of drug-likeness (QED) is 0.567. The number of nitrogens with two attached hydrogens (primary N) is 1. The Morgan fingerprint density at radius 3 is 2.57 bits per heavy atom. The molecule has 0 unspecified atom stereocenters. The fourth-order valence-corrected chi connectivity index (χ4v) is 2.13. The van der Waals surface area contributed by atoms with Gasteiger partial charge in [0.15, 0.2) is 0 Å². The Kier molecular flexibility index (Phi) is 2.60. The van der Waals surface area contributed by atoms with Crippen LogP contribution in [0.5, 0.6) is 0 Å². The molecule has 2 rings (SSSR count). The molecule has 1 saturated heterocycles. The van der Waals surface area contributed by atoms with Crippen molar-refractivity contribution in [3.05, 3.63) is 17.1 Å². The first-order chi connectivity index (χ1) is 6.72. The molecule has 14 heavy (non-hydrogen) atoms. The number of hydrogen-bond acceptors (Lipinski definition) is 5. The lowest BCUT2D eigenvalue weighted by atomic mass is 10.1. The number of hydrazine groups is 1. The zero-order valence-electron chi connectivity index (χ0n) is 8.37. The van der Waals surface area contributed by atoms with E-state index in [1.54, 1.807) is 0 Å². The van der Waals surface area contributed by atoms with Crippen LogP contribution in [0.15, 0.2) is 0 Å². The molecule has 76 valence electrons. The first-order valence-electron chi connectivity index (χ1n) is 4.62. The molecule has 0 aromatic carbocycles. The van der Waals surface area contributed by atoms with E-state index in [9.17, 15) is 0 Å². The number of thioether (sulfide) groups is 1. The summed E-state index contributed by atoms with van der Waals surface area (Å²) < 4.78 is 0. The van der Waals surface area contributed by atoms with Crippen LogP contribution in [0.25, 0.3) is 0 Å². The Balaban J connectivity index is 2.37. The highest BCUT2D eigenvalue weighted by atomic mass is 32.2. The van der Waals surface area contributed by atoms with Crippen molar-refractivity contribution in [2.75, 3.05) is 16.9 Å². The number of anilines is 1. The van der Waals surface area contributed by atoms with Crippen molar-refractivity contribution in [1.82, 2.24) is 9.97 Å². The van der Waals surface area contributed by atoms with Crippen LogP contribution in [-0.2, 0) is 0 Å². The van der Waals surface area contributed by atoms with Gasteiger partial charge in [0.25, 0.3) is 0 Å². The number of nitrogens with one attached hydrogen (secondary N) is 1. The molecule has 4 nitrogen and oxygen atoms in total. The summed E-state index contributed by atoms with van der Waals surface area (Å²) in [5.74, 6) is 9.87. The molecule has 0 saturated carbocycles. The summed E-state index contributed by atoms with van der Waals surface area (Å²) in [5, 5.41) is 0. The van der Waals surface area contributed by atoms with Crippen molar-refractivity contribution in [3.8, 4) is 0 Å². The maximum Gasteiger partial charge on any atom is 0.146 e. The predicted molar refractivity (Wildman–Crippen MR) is 59.4 cm³/mol. The second kappa shape index (κ2) is 3.74. The zero-order chi connectivity index (χ0) is 10.1. The van der Waals surface area contributed by atoms with Gasteiger partial charge < -0.3 is 5.43 Å². The highest BCUT2D eigenvalue weighted by Gasteiger charge is 2.24. The lowest BCUT2D eigenvalue weighted by molar-refractivity contribution is 0.753. The smallest absolute Gasteiger partial charge is 0.146 e. The van der Waals surface area contributed by atoms with E-state index < -0.39 is 0 Å². The normalized spacial score (nSPS) is 16.5. The Morgan fingerprint density at radius 1 is 1.36 bits per heavy atom. The van der Waals surface area contributed by atoms with Crippen LogP contribution in [0, 0.1) is 13.8 Å². The molecule has 0 atom stereocenters. The molecular formula is C9H14N4S. The van der Waals surface area contributed by atoms with E-state index in [1.807, 2.05) is 25.6 Å². The molecule has 0 amide bonds. The van der Waals surface area contributed by atoms with Crippen molar-refractivity contribution in [3.63, 3.8) is 0 Å². The number of rotatable bonds is 2. The van der Waals surface area contributed by atoms with Crippen LogP contribution in [0.1, 0.15) is 23.0 Å². The summed E-state index contributed by atoms with van der Waals surface area (Å²) in [6, 6.07) is 0. The summed E-state index contributed by atoms with van der Waals surface area (Å²) in [7, 11) is 0. The standard InChI is InChI=1S/C9H14N4S/c1-5-6(2)11-9(7-3-14-4-7)12-8(5)13-10/h7H,3-4,10H2,1-2H3,(H,11,12,13). The third-order valence-electron chi connectivity index (χ3n) is 2.55. The topological polar surface area (TPSA) is 63.8 Å². The summed E-state index contributed by atoms with van der Waals surface area (Å²) in [6.07, 6.45) is 0. The second-order valence-corrected chi connectivity index (χ2v) is 4.59. The molecule has 1 aliphatic rings. The molecule has 1 aromatic heterocycles. The first kappa shape index (κ1) is 9.73. The molecular weight excluding hydrogens is 196 g/mol. The van der Waals surface area contributed by atoms with Crippen LogP contribution in [0.2, 0.25) is 0 Å². The van der Waals surface area contributed by atoms with E-state index in [4.69, 9.17) is 5.84 Å². The molecule has 2 heterocycles. The SMILES string of the molecule is Cc1nc(C2CSC2)nc(NN)c1C. The molecule has 1 fully saturated rings. The predicted octanol–water partition coefficient (Wildman–Crippen LogP) is 1.21. The molecule has 0 spiro atoms. The lowest BCUT2D eigenvalue weighted by Gasteiger charge is -2.24. The minimum Gasteiger partial charge on any atom is -0.308 e. The average Bonchev–Trinajstić information content (AvgIpc) is 2.08. The molecule has 0 radical (unpaired) electrons. The van der Waals surface area contributed by atoms with Crippen molar-refractivity contribution in [2.45, 2.75) is 19.8 Å². The van der Waals surface area contributed by atoms with Gasteiger partial charge in [0.1, 0.15) is 11.6 Å². The van der Waals surface area contributed by atoms with Crippen molar-refractivity contribution in [2.24, 2.45) is 5.84 Å². The van der Waals surface area contributed by atoms with Gasteiger partial charge in [-0.15, -0.1) is 0 Å². The Labute approximate surface area is 87.7 Å². The van der Waals surface area contributed by atoms with E-state index in [0.717, 1.165) is 34.4 Å².